The predicted octanol–water partition coefficient (Wildman–Crippen LogP) is 4.02. The lowest BCUT2D eigenvalue weighted by atomic mass is 9.91. The molecule has 1 aromatic heterocycles. The Morgan fingerprint density at radius 1 is 1.43 bits per heavy atom. The largest absolute Gasteiger partial charge is 0.481 e. The van der Waals surface area contributed by atoms with Gasteiger partial charge in [0.05, 0.1) is 5.69 Å². The molecule has 2 N–H and O–H groups in total. The number of hydrogen-bond donors (Lipinski definition) is 2. The van der Waals surface area contributed by atoms with Crippen LogP contribution in [0.5, 0.6) is 0 Å². The molecule has 1 aliphatic carbocycles. The molecular weight excluding hydrogens is 352 g/mol. The second-order valence-electron chi connectivity index (χ2n) is 5.09. The van der Waals surface area contributed by atoms with Gasteiger partial charge in [0.2, 0.25) is 0 Å². The molecule has 0 spiro atoms. The number of aryl methyl sites for hydroxylation is 1. The molecule has 21 heavy (non-hydrogen) atoms. The minimum Gasteiger partial charge on any atom is -0.481 e. The summed E-state index contributed by atoms with van der Waals surface area (Å²) >= 11 is 5.00. The van der Waals surface area contributed by atoms with Crippen molar-refractivity contribution < 1.29 is 9.90 Å². The van der Waals surface area contributed by atoms with Gasteiger partial charge in [0.15, 0.2) is 5.13 Å². The quantitative estimate of drug-likeness (QED) is 0.857. The van der Waals surface area contributed by atoms with Crippen LogP contribution in [0.1, 0.15) is 34.9 Å². The first-order chi connectivity index (χ1) is 10.1. The molecule has 1 aliphatic rings. The van der Waals surface area contributed by atoms with Gasteiger partial charge >= 0.3 is 5.97 Å². The molecule has 0 amide bonds. The number of anilines is 1. The van der Waals surface area contributed by atoms with Gasteiger partial charge in [-0.05, 0) is 37.0 Å². The standard InChI is InChI=1S/C15H15BrN2O2S/c16-10-6-4-9(5-7-10)8-17-15-18-13-11(14(19)20)2-1-3-12(13)21-15/h4-7,11H,1-3,8H2,(H,17,18)(H,19,20). The van der Waals surface area contributed by atoms with Crippen LogP contribution < -0.4 is 5.32 Å². The van der Waals surface area contributed by atoms with Crippen LogP contribution in [0.15, 0.2) is 28.7 Å². The molecule has 0 bridgehead atoms. The van der Waals surface area contributed by atoms with E-state index in [9.17, 15) is 9.90 Å². The van der Waals surface area contributed by atoms with E-state index in [1.54, 1.807) is 11.3 Å². The highest BCUT2D eigenvalue weighted by atomic mass is 79.9. The summed E-state index contributed by atoms with van der Waals surface area (Å²) in [6.07, 6.45) is 2.56. The summed E-state index contributed by atoms with van der Waals surface area (Å²) in [5, 5.41) is 13.4. The summed E-state index contributed by atoms with van der Waals surface area (Å²) in [5.41, 5.74) is 1.93. The SMILES string of the molecule is O=C(O)C1CCCc2sc(NCc3ccc(Br)cc3)nc21. The van der Waals surface area contributed by atoms with Crippen LogP contribution in [0.2, 0.25) is 0 Å². The first-order valence-corrected chi connectivity index (χ1v) is 8.45. The summed E-state index contributed by atoms with van der Waals surface area (Å²) in [5.74, 6) is -1.20. The second kappa shape index (κ2) is 6.15. The fraction of sp³-hybridized carbons (Fsp3) is 0.333. The lowest BCUT2D eigenvalue weighted by molar-refractivity contribution is -0.139. The van der Waals surface area contributed by atoms with Gasteiger partial charge in [-0.1, -0.05) is 28.1 Å². The summed E-state index contributed by atoms with van der Waals surface area (Å²) in [4.78, 5) is 16.9. The van der Waals surface area contributed by atoms with Crippen LogP contribution in [0.4, 0.5) is 5.13 Å². The molecule has 1 unspecified atom stereocenters. The topological polar surface area (TPSA) is 62.2 Å². The Kier molecular flexibility index (Phi) is 4.26. The highest BCUT2D eigenvalue weighted by Gasteiger charge is 2.29. The highest BCUT2D eigenvalue weighted by Crippen LogP contribution is 2.36. The molecule has 1 aromatic carbocycles. The van der Waals surface area contributed by atoms with E-state index < -0.39 is 11.9 Å². The number of nitrogens with one attached hydrogen (secondary N) is 1. The number of nitrogens with zero attached hydrogens (tertiary/aromatic N) is 1. The van der Waals surface area contributed by atoms with Crippen molar-refractivity contribution in [2.75, 3.05) is 5.32 Å². The summed E-state index contributed by atoms with van der Waals surface area (Å²) in [6.45, 7) is 0.692. The smallest absolute Gasteiger partial charge is 0.312 e. The molecule has 6 heteroatoms. The molecule has 0 saturated carbocycles. The average molecular weight is 367 g/mol. The number of carbonyl (C=O) groups is 1. The van der Waals surface area contributed by atoms with Crippen LogP contribution in [0, 0.1) is 0 Å². The Balaban J connectivity index is 1.72. The fourth-order valence-electron chi connectivity index (χ4n) is 2.51. The number of carboxylic acids is 1. The number of fused-ring (bicyclic) bond motifs is 1. The maximum absolute atomic E-state index is 11.3. The minimum atomic E-state index is -0.763. The van der Waals surface area contributed by atoms with Crippen molar-refractivity contribution in [1.29, 1.82) is 0 Å². The highest BCUT2D eigenvalue weighted by molar-refractivity contribution is 9.10. The third kappa shape index (κ3) is 3.27. The van der Waals surface area contributed by atoms with Gasteiger partial charge in [-0.2, -0.15) is 0 Å². The van der Waals surface area contributed by atoms with E-state index in [-0.39, 0.29) is 0 Å². The van der Waals surface area contributed by atoms with Gasteiger partial charge < -0.3 is 10.4 Å². The minimum absolute atomic E-state index is 0.437. The molecule has 0 fully saturated rings. The van der Waals surface area contributed by atoms with E-state index in [0.717, 1.165) is 33.0 Å². The van der Waals surface area contributed by atoms with Crippen LogP contribution in [0.25, 0.3) is 0 Å². The van der Waals surface area contributed by atoms with Gasteiger partial charge in [0, 0.05) is 15.9 Å². The van der Waals surface area contributed by atoms with E-state index >= 15 is 0 Å². The average Bonchev–Trinajstić information content (AvgIpc) is 2.89. The van der Waals surface area contributed by atoms with E-state index in [0.29, 0.717) is 13.0 Å². The maximum atomic E-state index is 11.3. The first kappa shape index (κ1) is 14.5. The number of benzene rings is 1. The molecular formula is C15H15BrN2O2S. The van der Waals surface area contributed by atoms with Gasteiger partial charge in [-0.3, -0.25) is 4.79 Å². The summed E-state index contributed by atoms with van der Waals surface area (Å²) in [6, 6.07) is 8.10. The Bertz CT molecular complexity index is 654. The van der Waals surface area contributed by atoms with Crippen molar-refractivity contribution in [1.82, 2.24) is 4.98 Å². The number of thiazole rings is 1. The first-order valence-electron chi connectivity index (χ1n) is 6.84. The van der Waals surface area contributed by atoms with Crippen LogP contribution >= 0.6 is 27.3 Å². The number of aromatic nitrogens is 1. The Labute approximate surface area is 135 Å². The van der Waals surface area contributed by atoms with E-state index in [2.05, 4.69) is 26.2 Å². The number of hydrogen-bond acceptors (Lipinski definition) is 4. The summed E-state index contributed by atoms with van der Waals surface area (Å²) < 4.78 is 1.06. The molecule has 1 heterocycles. The zero-order valence-corrected chi connectivity index (χ0v) is 13.7. The van der Waals surface area contributed by atoms with Crippen LogP contribution in [-0.2, 0) is 17.8 Å². The molecule has 2 aromatic rings. The zero-order chi connectivity index (χ0) is 14.8. The van der Waals surface area contributed by atoms with Crippen molar-refractivity contribution in [2.45, 2.75) is 31.7 Å². The monoisotopic (exact) mass is 366 g/mol. The van der Waals surface area contributed by atoms with Crippen molar-refractivity contribution in [3.63, 3.8) is 0 Å². The molecule has 110 valence electrons. The number of aliphatic carboxylic acids is 1. The number of carboxylic acid groups (broad SMARTS) is 1. The number of rotatable bonds is 4. The third-order valence-corrected chi connectivity index (χ3v) is 5.23. The van der Waals surface area contributed by atoms with Crippen molar-refractivity contribution in [3.8, 4) is 0 Å². The fourth-order valence-corrected chi connectivity index (χ4v) is 3.84. The molecule has 3 rings (SSSR count). The van der Waals surface area contributed by atoms with E-state index in [1.165, 1.54) is 5.56 Å². The molecule has 4 nitrogen and oxygen atoms in total. The predicted molar refractivity (Wildman–Crippen MR) is 86.9 cm³/mol. The Morgan fingerprint density at radius 3 is 2.90 bits per heavy atom. The van der Waals surface area contributed by atoms with Gasteiger partial charge in [0.1, 0.15) is 5.92 Å². The second-order valence-corrected chi connectivity index (χ2v) is 7.09. The van der Waals surface area contributed by atoms with Crippen molar-refractivity contribution >= 4 is 38.4 Å². The lowest BCUT2D eigenvalue weighted by Gasteiger charge is -2.16. The molecule has 1 atom stereocenters. The maximum Gasteiger partial charge on any atom is 0.312 e. The number of halogens is 1. The molecule has 0 aliphatic heterocycles. The third-order valence-electron chi connectivity index (χ3n) is 3.61. The zero-order valence-electron chi connectivity index (χ0n) is 11.3. The van der Waals surface area contributed by atoms with E-state index in [1.807, 2.05) is 24.3 Å². The molecule has 0 radical (unpaired) electrons. The van der Waals surface area contributed by atoms with Gasteiger partial charge in [-0.15, -0.1) is 11.3 Å². The van der Waals surface area contributed by atoms with Gasteiger partial charge in [0.25, 0.3) is 0 Å². The lowest BCUT2D eigenvalue weighted by Crippen LogP contribution is -2.17. The van der Waals surface area contributed by atoms with Crippen molar-refractivity contribution in [3.05, 3.63) is 44.9 Å². The van der Waals surface area contributed by atoms with Crippen LogP contribution in [-0.4, -0.2) is 16.1 Å². The van der Waals surface area contributed by atoms with Gasteiger partial charge in [-0.25, -0.2) is 4.98 Å². The normalized spacial score (nSPS) is 17.3. The molecule has 0 saturated heterocycles. The Morgan fingerprint density at radius 2 is 2.19 bits per heavy atom. The summed E-state index contributed by atoms with van der Waals surface area (Å²) in [7, 11) is 0. The van der Waals surface area contributed by atoms with Crippen molar-refractivity contribution in [2.24, 2.45) is 0 Å². The van der Waals surface area contributed by atoms with Crippen LogP contribution in [0.3, 0.4) is 0 Å². The van der Waals surface area contributed by atoms with E-state index in [4.69, 9.17) is 0 Å². The Hall–Kier alpha value is -1.40.